The number of hydrogen-bond acceptors (Lipinski definition) is 5. The fraction of sp³-hybridized carbons (Fsp3) is 0. The molecule has 1 aromatic carbocycles. The van der Waals surface area contributed by atoms with Crippen LogP contribution < -0.4 is 4.74 Å². The van der Waals surface area contributed by atoms with Crippen LogP contribution in [0.2, 0.25) is 0 Å². The monoisotopic (exact) mass is 338 g/mol. The normalized spacial score (nSPS) is 10.1. The molecule has 0 fully saturated rings. The van der Waals surface area contributed by atoms with E-state index >= 15 is 0 Å². The molecule has 0 atom stereocenters. The maximum atomic E-state index is 11.0. The first-order valence-corrected chi connectivity index (χ1v) is 6.08. The maximum Gasteiger partial charge on any atom is 0.358 e. The van der Waals surface area contributed by atoms with E-state index in [9.17, 15) is 14.9 Å². The molecule has 0 amide bonds. The molecule has 2 aromatic rings. The molecule has 1 N–H and O–H groups in total. The number of halogens is 1. The van der Waals surface area contributed by atoms with Crippen LogP contribution in [0.4, 0.5) is 5.69 Å². The topological polar surface area (TPSA) is 103 Å². The first-order valence-electron chi connectivity index (χ1n) is 5.29. The summed E-state index contributed by atoms with van der Waals surface area (Å²) < 4.78 is 5.86. The number of pyridine rings is 1. The third-order valence-corrected chi connectivity index (χ3v) is 2.97. The number of carboxylic acids is 1. The van der Waals surface area contributed by atoms with Gasteiger partial charge in [0.05, 0.1) is 15.5 Å². The van der Waals surface area contributed by atoms with Crippen molar-refractivity contribution in [2.24, 2.45) is 0 Å². The Kier molecular flexibility index (Phi) is 3.94. The van der Waals surface area contributed by atoms with E-state index in [2.05, 4.69) is 20.9 Å². The van der Waals surface area contributed by atoms with Crippen LogP contribution >= 0.6 is 15.9 Å². The molecule has 0 saturated heterocycles. The summed E-state index contributed by atoms with van der Waals surface area (Å²) >= 11 is 3.18. The summed E-state index contributed by atoms with van der Waals surface area (Å²) in [6.45, 7) is 0. The molecular weight excluding hydrogens is 332 g/mol. The second-order valence-corrected chi connectivity index (χ2v) is 4.48. The van der Waals surface area contributed by atoms with Gasteiger partial charge < -0.3 is 9.84 Å². The molecule has 0 spiro atoms. The zero-order valence-electron chi connectivity index (χ0n) is 9.82. The van der Waals surface area contributed by atoms with Crippen molar-refractivity contribution in [2.75, 3.05) is 0 Å². The molecule has 0 aliphatic carbocycles. The van der Waals surface area contributed by atoms with E-state index in [0.29, 0.717) is 4.47 Å². The van der Waals surface area contributed by atoms with Gasteiger partial charge >= 0.3 is 5.97 Å². The Balaban J connectivity index is 2.42. The Labute approximate surface area is 121 Å². The van der Waals surface area contributed by atoms with Crippen molar-refractivity contribution in [3.05, 3.63) is 56.8 Å². The number of hydrogen-bond donors (Lipinski definition) is 1. The molecule has 0 radical (unpaired) electrons. The van der Waals surface area contributed by atoms with E-state index in [1.54, 1.807) is 0 Å². The minimum atomic E-state index is -1.25. The quantitative estimate of drug-likeness (QED) is 0.678. The number of aromatic nitrogens is 1. The fourth-order valence-electron chi connectivity index (χ4n) is 1.44. The lowest BCUT2D eigenvalue weighted by atomic mass is 10.3. The zero-order chi connectivity index (χ0) is 14.7. The van der Waals surface area contributed by atoms with Crippen LogP contribution in [0.15, 0.2) is 41.0 Å². The van der Waals surface area contributed by atoms with Crippen LogP contribution in [0.1, 0.15) is 10.5 Å². The van der Waals surface area contributed by atoms with Crippen molar-refractivity contribution in [3.8, 4) is 11.5 Å². The number of non-ortho nitro benzene ring substituents is 1. The maximum absolute atomic E-state index is 11.0. The molecule has 1 heterocycles. The smallest absolute Gasteiger partial charge is 0.358 e. The highest BCUT2D eigenvalue weighted by Crippen LogP contribution is 2.33. The molecule has 0 bridgehead atoms. The summed E-state index contributed by atoms with van der Waals surface area (Å²) in [6, 6.07) is 6.88. The third kappa shape index (κ3) is 2.91. The highest BCUT2D eigenvalue weighted by molar-refractivity contribution is 9.10. The van der Waals surface area contributed by atoms with Gasteiger partial charge in [-0.05, 0) is 34.1 Å². The highest BCUT2D eigenvalue weighted by Gasteiger charge is 2.16. The van der Waals surface area contributed by atoms with E-state index in [1.807, 2.05) is 0 Å². The average molecular weight is 339 g/mol. The summed E-state index contributed by atoms with van der Waals surface area (Å²) in [5, 5.41) is 19.7. The minimum absolute atomic E-state index is 0.00111. The summed E-state index contributed by atoms with van der Waals surface area (Å²) in [7, 11) is 0. The van der Waals surface area contributed by atoms with Crippen molar-refractivity contribution in [2.45, 2.75) is 0 Å². The standard InChI is InChI=1S/C12H7BrN2O5/c13-8-4-3-7(15(18)19)6-10(8)20-9-2-1-5-14-11(9)12(16)17/h1-6H,(H,16,17). The molecule has 0 aliphatic rings. The molecule has 2 rings (SSSR count). The Morgan fingerprint density at radius 3 is 2.75 bits per heavy atom. The van der Waals surface area contributed by atoms with Crippen LogP contribution in [0.3, 0.4) is 0 Å². The van der Waals surface area contributed by atoms with Crippen LogP contribution in [0, 0.1) is 10.1 Å². The van der Waals surface area contributed by atoms with Gasteiger partial charge in [0, 0.05) is 12.3 Å². The fourth-order valence-corrected chi connectivity index (χ4v) is 1.76. The van der Waals surface area contributed by atoms with Gasteiger partial charge in [-0.25, -0.2) is 9.78 Å². The number of nitro groups is 1. The van der Waals surface area contributed by atoms with E-state index in [1.165, 1.54) is 36.5 Å². The van der Waals surface area contributed by atoms with Crippen LogP contribution in [-0.4, -0.2) is 21.0 Å². The predicted octanol–water partition coefficient (Wildman–Crippen LogP) is 3.24. The number of carboxylic acid groups (broad SMARTS) is 1. The number of aromatic carboxylic acids is 1. The number of benzene rings is 1. The van der Waals surface area contributed by atoms with E-state index in [0.717, 1.165) is 0 Å². The average Bonchev–Trinajstić information content (AvgIpc) is 2.41. The van der Waals surface area contributed by atoms with Crippen LogP contribution in [0.5, 0.6) is 11.5 Å². The lowest BCUT2D eigenvalue weighted by molar-refractivity contribution is -0.384. The van der Waals surface area contributed by atoms with Gasteiger partial charge in [0.25, 0.3) is 5.69 Å². The van der Waals surface area contributed by atoms with Crippen molar-refractivity contribution in [3.63, 3.8) is 0 Å². The third-order valence-electron chi connectivity index (χ3n) is 2.32. The molecule has 8 heteroatoms. The van der Waals surface area contributed by atoms with Gasteiger partial charge in [-0.15, -0.1) is 0 Å². The van der Waals surface area contributed by atoms with E-state index < -0.39 is 10.9 Å². The Hall–Kier alpha value is -2.48. The molecule has 20 heavy (non-hydrogen) atoms. The number of ether oxygens (including phenoxy) is 1. The SMILES string of the molecule is O=C(O)c1ncccc1Oc1cc([N+](=O)[O-])ccc1Br. The lowest BCUT2D eigenvalue weighted by Gasteiger charge is -2.09. The second kappa shape index (κ2) is 5.66. The number of rotatable bonds is 4. The lowest BCUT2D eigenvalue weighted by Crippen LogP contribution is -2.03. The summed E-state index contributed by atoms with van der Waals surface area (Å²) in [5.74, 6) is -1.11. The minimum Gasteiger partial charge on any atom is -0.476 e. The van der Waals surface area contributed by atoms with Gasteiger partial charge in [-0.2, -0.15) is 0 Å². The van der Waals surface area contributed by atoms with Gasteiger partial charge in [-0.3, -0.25) is 10.1 Å². The zero-order valence-corrected chi connectivity index (χ0v) is 11.4. The van der Waals surface area contributed by atoms with Crippen LogP contribution in [-0.2, 0) is 0 Å². The van der Waals surface area contributed by atoms with E-state index in [-0.39, 0.29) is 22.9 Å². The van der Waals surface area contributed by atoms with Gasteiger partial charge in [0.2, 0.25) is 0 Å². The molecule has 102 valence electrons. The Morgan fingerprint density at radius 2 is 2.10 bits per heavy atom. The number of nitrogens with zero attached hydrogens (tertiary/aromatic N) is 2. The van der Waals surface area contributed by atoms with E-state index in [4.69, 9.17) is 9.84 Å². The molecule has 0 aliphatic heterocycles. The largest absolute Gasteiger partial charge is 0.476 e. The predicted molar refractivity (Wildman–Crippen MR) is 72.1 cm³/mol. The van der Waals surface area contributed by atoms with Crippen molar-refractivity contribution < 1.29 is 19.6 Å². The summed E-state index contributed by atoms with van der Waals surface area (Å²) in [5.41, 5.74) is -0.435. The first kappa shape index (κ1) is 13.9. The molecule has 1 aromatic heterocycles. The molecule has 0 saturated carbocycles. The van der Waals surface area contributed by atoms with Gasteiger partial charge in [0.15, 0.2) is 11.4 Å². The molecular formula is C12H7BrN2O5. The Morgan fingerprint density at radius 1 is 1.35 bits per heavy atom. The number of nitro benzene ring substituents is 1. The second-order valence-electron chi connectivity index (χ2n) is 3.63. The molecule has 7 nitrogen and oxygen atoms in total. The number of carbonyl (C=O) groups is 1. The van der Waals surface area contributed by atoms with Gasteiger partial charge in [0.1, 0.15) is 5.75 Å². The van der Waals surface area contributed by atoms with Crippen LogP contribution in [0.25, 0.3) is 0 Å². The summed E-state index contributed by atoms with van der Waals surface area (Å²) in [6.07, 6.45) is 1.32. The summed E-state index contributed by atoms with van der Waals surface area (Å²) in [4.78, 5) is 24.8. The Bertz CT molecular complexity index is 689. The van der Waals surface area contributed by atoms with Crippen molar-refractivity contribution in [1.29, 1.82) is 0 Å². The highest BCUT2D eigenvalue weighted by atomic mass is 79.9. The van der Waals surface area contributed by atoms with Crippen molar-refractivity contribution in [1.82, 2.24) is 4.98 Å². The van der Waals surface area contributed by atoms with Gasteiger partial charge in [-0.1, -0.05) is 0 Å². The van der Waals surface area contributed by atoms with Crippen molar-refractivity contribution >= 4 is 27.6 Å². The first-order chi connectivity index (χ1) is 9.49. The molecule has 0 unspecified atom stereocenters.